The minimum Gasteiger partial charge on any atom is -0.461 e. The van der Waals surface area contributed by atoms with Gasteiger partial charge in [0.2, 0.25) is 0 Å². The average molecular weight is 170 g/mol. The fraction of sp³-hybridized carbons (Fsp3) is 0.667. The van der Waals surface area contributed by atoms with Gasteiger partial charge in [0.15, 0.2) is 0 Å². The molecule has 0 aromatic heterocycles. The number of aliphatic hydroxyl groups is 1. The Morgan fingerprint density at radius 1 is 1.67 bits per heavy atom. The van der Waals surface area contributed by atoms with Gasteiger partial charge in [-0.2, -0.15) is 0 Å². The van der Waals surface area contributed by atoms with Crippen LogP contribution in [0.4, 0.5) is 0 Å². The van der Waals surface area contributed by atoms with Gasteiger partial charge in [-0.1, -0.05) is 5.57 Å². The molecule has 0 spiro atoms. The smallest absolute Gasteiger partial charge is 0.302 e. The molecule has 0 aromatic carbocycles. The largest absolute Gasteiger partial charge is 0.461 e. The van der Waals surface area contributed by atoms with Gasteiger partial charge in [0.05, 0.1) is 6.10 Å². The Bertz CT molecular complexity index is 218. The van der Waals surface area contributed by atoms with Crippen molar-refractivity contribution < 1.29 is 14.6 Å². The van der Waals surface area contributed by atoms with Crippen LogP contribution < -0.4 is 0 Å². The molecule has 0 aromatic rings. The van der Waals surface area contributed by atoms with Gasteiger partial charge in [0, 0.05) is 6.92 Å². The van der Waals surface area contributed by atoms with Crippen LogP contribution in [0.15, 0.2) is 11.1 Å². The molecule has 0 saturated heterocycles. The SMILES string of the molecule is CC(=O)OCC1=C(C)CC(O)C1. The second-order valence-electron chi connectivity index (χ2n) is 3.23. The molecule has 0 radical (unpaired) electrons. The van der Waals surface area contributed by atoms with Crippen molar-refractivity contribution in [3.05, 3.63) is 11.1 Å². The summed E-state index contributed by atoms with van der Waals surface area (Å²) in [6.07, 6.45) is 1.10. The highest BCUT2D eigenvalue weighted by Gasteiger charge is 2.19. The van der Waals surface area contributed by atoms with Crippen molar-refractivity contribution >= 4 is 5.97 Å². The van der Waals surface area contributed by atoms with Crippen LogP contribution in [0.5, 0.6) is 0 Å². The molecule has 0 amide bonds. The summed E-state index contributed by atoms with van der Waals surface area (Å²) in [7, 11) is 0. The van der Waals surface area contributed by atoms with Crippen molar-refractivity contribution in [2.75, 3.05) is 6.61 Å². The van der Waals surface area contributed by atoms with Crippen molar-refractivity contribution in [2.45, 2.75) is 32.8 Å². The van der Waals surface area contributed by atoms with E-state index in [4.69, 9.17) is 4.74 Å². The lowest BCUT2D eigenvalue weighted by Crippen LogP contribution is -2.05. The maximum absolute atomic E-state index is 10.5. The third-order valence-electron chi connectivity index (χ3n) is 2.08. The molecule has 0 saturated carbocycles. The molecule has 12 heavy (non-hydrogen) atoms. The monoisotopic (exact) mass is 170 g/mol. The van der Waals surface area contributed by atoms with E-state index in [1.54, 1.807) is 0 Å². The Labute approximate surface area is 72.0 Å². The zero-order valence-electron chi connectivity index (χ0n) is 7.46. The molecule has 0 aliphatic heterocycles. The summed E-state index contributed by atoms with van der Waals surface area (Å²) >= 11 is 0. The lowest BCUT2D eigenvalue weighted by atomic mass is 10.2. The molecule has 1 N–H and O–H groups in total. The van der Waals surface area contributed by atoms with Gasteiger partial charge < -0.3 is 9.84 Å². The second kappa shape index (κ2) is 3.72. The number of hydrogen-bond acceptors (Lipinski definition) is 3. The molecular formula is C9H14O3. The first-order chi connectivity index (χ1) is 5.59. The predicted molar refractivity (Wildman–Crippen MR) is 44.6 cm³/mol. The standard InChI is InChI=1S/C9H14O3/c1-6-3-9(11)4-8(6)5-12-7(2)10/h9,11H,3-5H2,1-2H3. The normalized spacial score (nSPS) is 23.1. The number of esters is 1. The summed E-state index contributed by atoms with van der Waals surface area (Å²) < 4.78 is 4.84. The molecule has 3 nitrogen and oxygen atoms in total. The van der Waals surface area contributed by atoms with Crippen LogP contribution in [-0.2, 0) is 9.53 Å². The zero-order valence-corrected chi connectivity index (χ0v) is 7.46. The van der Waals surface area contributed by atoms with E-state index in [-0.39, 0.29) is 12.1 Å². The van der Waals surface area contributed by atoms with E-state index >= 15 is 0 Å². The summed E-state index contributed by atoms with van der Waals surface area (Å²) in [5.74, 6) is -0.267. The summed E-state index contributed by atoms with van der Waals surface area (Å²) in [5.41, 5.74) is 2.22. The molecule has 1 aliphatic carbocycles. The molecule has 1 rings (SSSR count). The summed E-state index contributed by atoms with van der Waals surface area (Å²) in [6, 6.07) is 0. The van der Waals surface area contributed by atoms with E-state index in [9.17, 15) is 9.90 Å². The minimum absolute atomic E-state index is 0.267. The molecule has 0 bridgehead atoms. The Morgan fingerprint density at radius 2 is 2.33 bits per heavy atom. The fourth-order valence-electron chi connectivity index (χ4n) is 1.40. The van der Waals surface area contributed by atoms with Gasteiger partial charge in [-0.15, -0.1) is 0 Å². The van der Waals surface area contributed by atoms with Crippen molar-refractivity contribution in [3.63, 3.8) is 0 Å². The predicted octanol–water partition coefficient (Wildman–Crippen LogP) is 1.02. The van der Waals surface area contributed by atoms with Crippen LogP contribution in [0.25, 0.3) is 0 Å². The van der Waals surface area contributed by atoms with E-state index in [0.29, 0.717) is 13.0 Å². The quantitative estimate of drug-likeness (QED) is 0.497. The maximum Gasteiger partial charge on any atom is 0.302 e. The van der Waals surface area contributed by atoms with Crippen LogP contribution >= 0.6 is 0 Å². The number of carbonyl (C=O) groups excluding carboxylic acids is 1. The van der Waals surface area contributed by atoms with Gasteiger partial charge in [-0.25, -0.2) is 0 Å². The van der Waals surface area contributed by atoms with Crippen molar-refractivity contribution in [1.82, 2.24) is 0 Å². The molecule has 1 atom stereocenters. The van der Waals surface area contributed by atoms with Crippen LogP contribution in [0.2, 0.25) is 0 Å². The Kier molecular flexibility index (Phi) is 2.87. The third kappa shape index (κ3) is 2.34. The molecular weight excluding hydrogens is 156 g/mol. The first-order valence-electron chi connectivity index (χ1n) is 4.08. The summed E-state index contributed by atoms with van der Waals surface area (Å²) in [5, 5.41) is 9.25. The van der Waals surface area contributed by atoms with Gasteiger partial charge in [0.25, 0.3) is 0 Å². The van der Waals surface area contributed by atoms with E-state index in [0.717, 1.165) is 17.6 Å². The first kappa shape index (κ1) is 9.26. The van der Waals surface area contributed by atoms with Gasteiger partial charge in [-0.05, 0) is 25.3 Å². The number of ether oxygens (including phenoxy) is 1. The minimum atomic E-state index is -0.268. The van der Waals surface area contributed by atoms with Crippen LogP contribution in [0.1, 0.15) is 26.7 Å². The highest BCUT2D eigenvalue weighted by Crippen LogP contribution is 2.25. The van der Waals surface area contributed by atoms with Gasteiger partial charge in [0.1, 0.15) is 6.61 Å². The Hall–Kier alpha value is -0.830. The van der Waals surface area contributed by atoms with Crippen molar-refractivity contribution in [2.24, 2.45) is 0 Å². The summed E-state index contributed by atoms with van der Waals surface area (Å²) in [6.45, 7) is 3.70. The van der Waals surface area contributed by atoms with Gasteiger partial charge in [-0.3, -0.25) is 4.79 Å². The molecule has 1 aliphatic rings. The topological polar surface area (TPSA) is 46.5 Å². The number of carbonyl (C=O) groups is 1. The number of rotatable bonds is 2. The second-order valence-corrected chi connectivity index (χ2v) is 3.23. The van der Waals surface area contributed by atoms with Gasteiger partial charge >= 0.3 is 5.97 Å². The van der Waals surface area contributed by atoms with Crippen LogP contribution in [-0.4, -0.2) is 23.8 Å². The van der Waals surface area contributed by atoms with E-state index in [1.807, 2.05) is 6.92 Å². The Balaban J connectivity index is 2.42. The molecule has 68 valence electrons. The highest BCUT2D eigenvalue weighted by atomic mass is 16.5. The van der Waals surface area contributed by atoms with E-state index in [2.05, 4.69) is 0 Å². The Morgan fingerprint density at radius 3 is 2.75 bits per heavy atom. The molecule has 0 fully saturated rings. The van der Waals surface area contributed by atoms with Crippen molar-refractivity contribution in [1.29, 1.82) is 0 Å². The fourth-order valence-corrected chi connectivity index (χ4v) is 1.40. The molecule has 0 heterocycles. The number of aliphatic hydroxyl groups excluding tert-OH is 1. The third-order valence-corrected chi connectivity index (χ3v) is 2.08. The molecule has 1 unspecified atom stereocenters. The first-order valence-corrected chi connectivity index (χ1v) is 4.08. The maximum atomic E-state index is 10.5. The van der Waals surface area contributed by atoms with E-state index in [1.165, 1.54) is 6.92 Å². The number of hydrogen-bond donors (Lipinski definition) is 1. The lowest BCUT2D eigenvalue weighted by Gasteiger charge is -2.03. The van der Waals surface area contributed by atoms with E-state index < -0.39 is 0 Å². The zero-order chi connectivity index (χ0) is 9.14. The average Bonchev–Trinajstić information content (AvgIpc) is 2.26. The lowest BCUT2D eigenvalue weighted by molar-refractivity contribution is -0.140. The van der Waals surface area contributed by atoms with Crippen LogP contribution in [0, 0.1) is 0 Å². The van der Waals surface area contributed by atoms with Crippen molar-refractivity contribution in [3.8, 4) is 0 Å². The summed E-state index contributed by atoms with van der Waals surface area (Å²) in [4.78, 5) is 10.5. The van der Waals surface area contributed by atoms with Crippen LogP contribution in [0.3, 0.4) is 0 Å². The highest BCUT2D eigenvalue weighted by molar-refractivity contribution is 5.66. The molecule has 3 heteroatoms.